The average Bonchev–Trinajstić information content (AvgIpc) is 2.83. The number of anilines is 1. The minimum Gasteiger partial charge on any atom is -0.424 e. The molecule has 160 valence electrons. The van der Waals surface area contributed by atoms with Crippen LogP contribution in [-0.4, -0.2) is 20.9 Å². The standard InChI is InChI=1S/C24H20N4O4/c1-2-21(29)32-24-19(12-11-16-8-6-14-26-23(16)24)22(27-20-10-3-4-13-25-20)17-7-5-9-18(15-17)28(30)31/h3-15,22H,2H2,1H3,(H,25,27). The van der Waals surface area contributed by atoms with E-state index in [1.807, 2.05) is 24.3 Å². The molecule has 8 heteroatoms. The number of nitro groups is 1. The zero-order valence-electron chi connectivity index (χ0n) is 17.3. The molecular weight excluding hydrogens is 408 g/mol. The van der Waals surface area contributed by atoms with Crippen LogP contribution in [0, 0.1) is 10.1 Å². The summed E-state index contributed by atoms with van der Waals surface area (Å²) >= 11 is 0. The van der Waals surface area contributed by atoms with Crippen LogP contribution in [0.2, 0.25) is 0 Å². The number of carbonyl (C=O) groups excluding carboxylic acids is 1. The van der Waals surface area contributed by atoms with Gasteiger partial charge in [-0.1, -0.05) is 43.3 Å². The van der Waals surface area contributed by atoms with Crippen molar-refractivity contribution in [3.63, 3.8) is 0 Å². The number of benzene rings is 2. The van der Waals surface area contributed by atoms with Gasteiger partial charge < -0.3 is 10.1 Å². The minimum absolute atomic E-state index is 0.0404. The van der Waals surface area contributed by atoms with E-state index in [1.54, 1.807) is 49.6 Å². The molecule has 0 bridgehead atoms. The molecule has 1 N–H and O–H groups in total. The van der Waals surface area contributed by atoms with Gasteiger partial charge in [-0.25, -0.2) is 4.98 Å². The number of rotatable bonds is 7. The van der Waals surface area contributed by atoms with Crippen molar-refractivity contribution in [1.82, 2.24) is 9.97 Å². The van der Waals surface area contributed by atoms with Gasteiger partial charge in [0.05, 0.1) is 11.0 Å². The van der Waals surface area contributed by atoms with Gasteiger partial charge in [0.2, 0.25) is 0 Å². The Morgan fingerprint density at radius 3 is 2.66 bits per heavy atom. The summed E-state index contributed by atoms with van der Waals surface area (Å²) in [6.07, 6.45) is 3.47. The Morgan fingerprint density at radius 1 is 1.06 bits per heavy atom. The molecule has 0 spiro atoms. The summed E-state index contributed by atoms with van der Waals surface area (Å²) in [6.45, 7) is 1.71. The van der Waals surface area contributed by atoms with Crippen molar-refractivity contribution in [2.24, 2.45) is 0 Å². The second-order valence-electron chi connectivity index (χ2n) is 7.03. The van der Waals surface area contributed by atoms with Crippen LogP contribution in [-0.2, 0) is 4.79 Å². The molecule has 0 aliphatic heterocycles. The summed E-state index contributed by atoms with van der Waals surface area (Å²) in [5.74, 6) is 0.479. The number of nitrogens with zero attached hydrogens (tertiary/aromatic N) is 3. The van der Waals surface area contributed by atoms with Gasteiger partial charge in [-0.15, -0.1) is 0 Å². The number of aromatic nitrogens is 2. The van der Waals surface area contributed by atoms with Crippen LogP contribution in [0.5, 0.6) is 5.75 Å². The first-order valence-corrected chi connectivity index (χ1v) is 10.1. The molecule has 0 radical (unpaired) electrons. The Hall–Kier alpha value is -4.33. The predicted octanol–water partition coefficient (Wildman–Crippen LogP) is 5.05. The van der Waals surface area contributed by atoms with E-state index < -0.39 is 16.9 Å². The lowest BCUT2D eigenvalue weighted by atomic mass is 9.95. The summed E-state index contributed by atoms with van der Waals surface area (Å²) in [7, 11) is 0. The highest BCUT2D eigenvalue weighted by atomic mass is 16.6. The van der Waals surface area contributed by atoms with Crippen molar-refractivity contribution in [1.29, 1.82) is 0 Å². The lowest BCUT2D eigenvalue weighted by Gasteiger charge is -2.23. The summed E-state index contributed by atoms with van der Waals surface area (Å²) in [4.78, 5) is 32.0. The number of carbonyl (C=O) groups is 1. The highest BCUT2D eigenvalue weighted by molar-refractivity contribution is 5.89. The number of fused-ring (bicyclic) bond motifs is 1. The van der Waals surface area contributed by atoms with E-state index in [9.17, 15) is 14.9 Å². The number of pyridine rings is 2. The van der Waals surface area contributed by atoms with E-state index in [-0.39, 0.29) is 12.1 Å². The van der Waals surface area contributed by atoms with Crippen molar-refractivity contribution in [2.75, 3.05) is 5.32 Å². The second kappa shape index (κ2) is 9.22. The maximum atomic E-state index is 12.3. The summed E-state index contributed by atoms with van der Waals surface area (Å²) in [5.41, 5.74) is 1.73. The van der Waals surface area contributed by atoms with Gasteiger partial charge in [-0.3, -0.25) is 19.9 Å². The molecule has 0 amide bonds. The largest absolute Gasteiger partial charge is 0.424 e. The third-order valence-electron chi connectivity index (χ3n) is 4.95. The molecule has 4 rings (SSSR count). The molecular formula is C24H20N4O4. The number of non-ortho nitro benzene ring substituents is 1. The molecule has 0 fully saturated rings. The van der Waals surface area contributed by atoms with Gasteiger partial charge in [0.1, 0.15) is 11.3 Å². The Morgan fingerprint density at radius 2 is 1.91 bits per heavy atom. The normalized spacial score (nSPS) is 11.7. The monoisotopic (exact) mass is 428 g/mol. The molecule has 1 unspecified atom stereocenters. The van der Waals surface area contributed by atoms with Crippen LogP contribution in [0.4, 0.5) is 11.5 Å². The summed E-state index contributed by atoms with van der Waals surface area (Å²) in [6, 6.07) is 18.6. The maximum Gasteiger partial charge on any atom is 0.310 e. The molecule has 0 saturated carbocycles. The van der Waals surface area contributed by atoms with Crippen molar-refractivity contribution in [2.45, 2.75) is 19.4 Å². The van der Waals surface area contributed by atoms with Crippen LogP contribution in [0.15, 0.2) is 79.1 Å². The molecule has 2 aromatic heterocycles. The van der Waals surface area contributed by atoms with Crippen LogP contribution in [0.1, 0.15) is 30.5 Å². The first kappa shape index (κ1) is 20.9. The van der Waals surface area contributed by atoms with Crippen LogP contribution in [0.25, 0.3) is 10.9 Å². The van der Waals surface area contributed by atoms with Gasteiger partial charge in [-0.05, 0) is 23.8 Å². The fraction of sp³-hybridized carbons (Fsp3) is 0.125. The summed E-state index contributed by atoms with van der Waals surface area (Å²) < 4.78 is 5.73. The molecule has 1 atom stereocenters. The number of hydrogen-bond acceptors (Lipinski definition) is 7. The van der Waals surface area contributed by atoms with Gasteiger partial charge in [0, 0.05) is 41.9 Å². The predicted molar refractivity (Wildman–Crippen MR) is 120 cm³/mol. The second-order valence-corrected chi connectivity index (χ2v) is 7.03. The average molecular weight is 428 g/mol. The molecule has 2 aromatic carbocycles. The summed E-state index contributed by atoms with van der Waals surface area (Å²) in [5, 5.41) is 15.5. The molecule has 4 aromatic rings. The van der Waals surface area contributed by atoms with E-state index in [2.05, 4.69) is 15.3 Å². The quantitative estimate of drug-likeness (QED) is 0.190. The smallest absolute Gasteiger partial charge is 0.310 e. The van der Waals surface area contributed by atoms with E-state index in [0.29, 0.717) is 28.2 Å². The molecule has 0 aliphatic rings. The molecule has 32 heavy (non-hydrogen) atoms. The number of esters is 1. The fourth-order valence-corrected chi connectivity index (χ4v) is 3.41. The SMILES string of the molecule is CCC(=O)Oc1c(C(Nc2ccccn2)c2cccc([N+](=O)[O-])c2)ccc2cccnc12. The number of ether oxygens (including phenoxy) is 1. The topological polar surface area (TPSA) is 107 Å². The van der Waals surface area contributed by atoms with Crippen LogP contribution >= 0.6 is 0 Å². The van der Waals surface area contributed by atoms with E-state index in [4.69, 9.17) is 4.74 Å². The third kappa shape index (κ3) is 4.39. The van der Waals surface area contributed by atoms with Gasteiger partial charge >= 0.3 is 5.97 Å². The number of nitro benzene ring substituents is 1. The maximum absolute atomic E-state index is 12.3. The first-order chi connectivity index (χ1) is 15.6. The molecule has 0 saturated heterocycles. The highest BCUT2D eigenvalue weighted by Gasteiger charge is 2.24. The number of hydrogen-bond donors (Lipinski definition) is 1. The van der Waals surface area contributed by atoms with E-state index >= 15 is 0 Å². The Labute approximate surface area is 184 Å². The lowest BCUT2D eigenvalue weighted by Crippen LogP contribution is -2.17. The number of nitrogens with one attached hydrogen (secondary N) is 1. The Bertz CT molecular complexity index is 1280. The van der Waals surface area contributed by atoms with Crippen molar-refractivity contribution < 1.29 is 14.5 Å². The van der Waals surface area contributed by atoms with Crippen molar-refractivity contribution >= 4 is 28.4 Å². The van der Waals surface area contributed by atoms with Crippen molar-refractivity contribution in [3.05, 3.63) is 100 Å². The zero-order chi connectivity index (χ0) is 22.5. The van der Waals surface area contributed by atoms with Gasteiger partial charge in [0.15, 0.2) is 5.75 Å². The van der Waals surface area contributed by atoms with Crippen LogP contribution < -0.4 is 10.1 Å². The lowest BCUT2D eigenvalue weighted by molar-refractivity contribution is -0.384. The Kier molecular flexibility index (Phi) is 6.03. The van der Waals surface area contributed by atoms with Gasteiger partial charge in [-0.2, -0.15) is 0 Å². The third-order valence-corrected chi connectivity index (χ3v) is 4.95. The van der Waals surface area contributed by atoms with Crippen molar-refractivity contribution in [3.8, 4) is 5.75 Å². The molecule has 8 nitrogen and oxygen atoms in total. The van der Waals surface area contributed by atoms with E-state index in [0.717, 1.165) is 5.39 Å². The minimum atomic E-state index is -0.587. The zero-order valence-corrected chi connectivity index (χ0v) is 17.3. The van der Waals surface area contributed by atoms with E-state index in [1.165, 1.54) is 12.1 Å². The fourth-order valence-electron chi connectivity index (χ4n) is 3.41. The van der Waals surface area contributed by atoms with Gasteiger partial charge in [0.25, 0.3) is 5.69 Å². The molecule has 2 heterocycles. The first-order valence-electron chi connectivity index (χ1n) is 10.1. The van der Waals surface area contributed by atoms with Crippen LogP contribution in [0.3, 0.4) is 0 Å². The Balaban J connectivity index is 1.92. The molecule has 0 aliphatic carbocycles. The highest BCUT2D eigenvalue weighted by Crippen LogP contribution is 2.38.